The molecule has 5 rings (SSSR count). The van der Waals surface area contributed by atoms with Crippen LogP contribution in [0.15, 0.2) is 66.7 Å². The lowest BCUT2D eigenvalue weighted by Crippen LogP contribution is -1.94. The SMILES string of the molecule is CC(C)c1ccc2ccc3cccc4c5ccccc5c1c2c34. The number of fused-ring (bicyclic) bond motifs is 3. The first kappa shape index (κ1) is 12.9. The van der Waals surface area contributed by atoms with Crippen molar-refractivity contribution in [3.05, 3.63) is 72.3 Å². The van der Waals surface area contributed by atoms with E-state index in [1.165, 1.54) is 48.7 Å². The van der Waals surface area contributed by atoms with Crippen LogP contribution in [-0.4, -0.2) is 0 Å². The third-order valence-electron chi connectivity index (χ3n) is 5.17. The topological polar surface area (TPSA) is 0 Å². The van der Waals surface area contributed by atoms with Crippen LogP contribution in [-0.2, 0) is 0 Å². The molecule has 0 saturated heterocycles. The second kappa shape index (κ2) is 4.45. The van der Waals surface area contributed by atoms with Gasteiger partial charge in [-0.15, -0.1) is 0 Å². The van der Waals surface area contributed by atoms with E-state index in [0.717, 1.165) is 0 Å². The quantitative estimate of drug-likeness (QED) is 0.234. The summed E-state index contributed by atoms with van der Waals surface area (Å²) < 4.78 is 0. The molecule has 0 nitrogen and oxygen atoms in total. The average molecular weight is 294 g/mol. The van der Waals surface area contributed by atoms with Gasteiger partial charge in [-0.05, 0) is 54.6 Å². The van der Waals surface area contributed by atoms with Crippen molar-refractivity contribution in [1.29, 1.82) is 0 Å². The Bertz CT molecular complexity index is 1180. The van der Waals surface area contributed by atoms with Gasteiger partial charge in [-0.3, -0.25) is 0 Å². The fourth-order valence-corrected chi connectivity index (χ4v) is 4.14. The van der Waals surface area contributed by atoms with E-state index in [0.29, 0.717) is 5.92 Å². The number of benzene rings is 5. The maximum atomic E-state index is 2.32. The molecule has 0 aliphatic carbocycles. The van der Waals surface area contributed by atoms with E-state index in [1.807, 2.05) is 0 Å². The number of rotatable bonds is 1. The molecule has 0 atom stereocenters. The van der Waals surface area contributed by atoms with Crippen LogP contribution in [0.25, 0.3) is 43.1 Å². The normalized spacial score (nSPS) is 12.3. The Morgan fingerprint density at radius 1 is 0.522 bits per heavy atom. The van der Waals surface area contributed by atoms with E-state index in [9.17, 15) is 0 Å². The van der Waals surface area contributed by atoms with Gasteiger partial charge in [-0.1, -0.05) is 80.6 Å². The first-order valence-corrected chi connectivity index (χ1v) is 8.34. The minimum Gasteiger partial charge on any atom is -0.0616 e. The average Bonchev–Trinajstić information content (AvgIpc) is 2.60. The van der Waals surface area contributed by atoms with Crippen LogP contribution in [0.4, 0.5) is 0 Å². The third kappa shape index (κ3) is 1.61. The predicted molar refractivity (Wildman–Crippen MR) is 102 cm³/mol. The van der Waals surface area contributed by atoms with Crippen molar-refractivity contribution in [2.75, 3.05) is 0 Å². The second-order valence-corrected chi connectivity index (χ2v) is 6.80. The molecule has 0 fully saturated rings. The van der Waals surface area contributed by atoms with E-state index in [1.54, 1.807) is 0 Å². The Morgan fingerprint density at radius 2 is 1.13 bits per heavy atom. The van der Waals surface area contributed by atoms with Crippen LogP contribution in [0.3, 0.4) is 0 Å². The van der Waals surface area contributed by atoms with Crippen molar-refractivity contribution < 1.29 is 0 Å². The minimum atomic E-state index is 0.517. The molecule has 0 N–H and O–H groups in total. The Kier molecular flexibility index (Phi) is 2.50. The summed E-state index contributed by atoms with van der Waals surface area (Å²) in [5.74, 6) is 0.517. The molecular weight excluding hydrogens is 276 g/mol. The predicted octanol–water partition coefficient (Wildman–Crippen LogP) is 6.86. The fourth-order valence-electron chi connectivity index (χ4n) is 4.14. The largest absolute Gasteiger partial charge is 0.0616 e. The van der Waals surface area contributed by atoms with Crippen molar-refractivity contribution in [1.82, 2.24) is 0 Å². The van der Waals surface area contributed by atoms with Crippen molar-refractivity contribution >= 4 is 43.1 Å². The highest BCUT2D eigenvalue weighted by Gasteiger charge is 2.16. The molecule has 5 aromatic carbocycles. The maximum Gasteiger partial charge on any atom is -0.00175 e. The maximum absolute atomic E-state index is 2.32. The Morgan fingerprint density at radius 3 is 1.91 bits per heavy atom. The molecule has 0 spiro atoms. The zero-order chi connectivity index (χ0) is 15.6. The minimum absolute atomic E-state index is 0.517. The Labute approximate surface area is 135 Å². The number of hydrogen-bond acceptors (Lipinski definition) is 0. The molecule has 0 saturated carbocycles. The molecule has 0 amide bonds. The summed E-state index contributed by atoms with van der Waals surface area (Å²) in [6.45, 7) is 4.59. The van der Waals surface area contributed by atoms with Gasteiger partial charge < -0.3 is 0 Å². The highest BCUT2D eigenvalue weighted by molar-refractivity contribution is 6.34. The van der Waals surface area contributed by atoms with Crippen LogP contribution >= 0.6 is 0 Å². The zero-order valence-corrected chi connectivity index (χ0v) is 13.4. The lowest BCUT2D eigenvalue weighted by atomic mass is 9.85. The van der Waals surface area contributed by atoms with Crippen molar-refractivity contribution in [2.24, 2.45) is 0 Å². The lowest BCUT2D eigenvalue weighted by Gasteiger charge is -2.18. The molecule has 23 heavy (non-hydrogen) atoms. The number of hydrogen-bond donors (Lipinski definition) is 0. The first-order valence-electron chi connectivity index (χ1n) is 8.34. The van der Waals surface area contributed by atoms with Crippen molar-refractivity contribution in [3.8, 4) is 0 Å². The summed E-state index contributed by atoms with van der Waals surface area (Å²) in [5.41, 5.74) is 1.45. The van der Waals surface area contributed by atoms with Crippen LogP contribution in [0.2, 0.25) is 0 Å². The van der Waals surface area contributed by atoms with Gasteiger partial charge >= 0.3 is 0 Å². The molecule has 0 aliphatic rings. The van der Waals surface area contributed by atoms with Gasteiger partial charge in [-0.2, -0.15) is 0 Å². The summed E-state index contributed by atoms with van der Waals surface area (Å²) in [5, 5.41) is 11.1. The van der Waals surface area contributed by atoms with Crippen LogP contribution in [0.5, 0.6) is 0 Å². The molecule has 0 heterocycles. The Hall–Kier alpha value is -2.60. The molecule has 0 heteroatoms. The van der Waals surface area contributed by atoms with Crippen LogP contribution < -0.4 is 0 Å². The summed E-state index contributed by atoms with van der Waals surface area (Å²) in [4.78, 5) is 0. The van der Waals surface area contributed by atoms with Gasteiger partial charge in [0.15, 0.2) is 0 Å². The molecule has 5 aromatic rings. The Balaban J connectivity index is 2.26. The van der Waals surface area contributed by atoms with Gasteiger partial charge in [0, 0.05) is 0 Å². The lowest BCUT2D eigenvalue weighted by molar-refractivity contribution is 0.877. The molecule has 0 unspecified atom stereocenters. The highest BCUT2D eigenvalue weighted by atomic mass is 14.2. The second-order valence-electron chi connectivity index (χ2n) is 6.80. The van der Waals surface area contributed by atoms with Gasteiger partial charge in [0.1, 0.15) is 0 Å². The molecule has 110 valence electrons. The first-order chi connectivity index (χ1) is 11.3. The monoisotopic (exact) mass is 294 g/mol. The zero-order valence-electron chi connectivity index (χ0n) is 13.4. The summed E-state index contributed by atoms with van der Waals surface area (Å²) in [6.07, 6.45) is 0. The van der Waals surface area contributed by atoms with Crippen LogP contribution in [0, 0.1) is 0 Å². The van der Waals surface area contributed by atoms with Crippen LogP contribution in [0.1, 0.15) is 25.3 Å². The summed E-state index contributed by atoms with van der Waals surface area (Å²) in [7, 11) is 0. The smallest absolute Gasteiger partial charge is 0.00175 e. The highest BCUT2D eigenvalue weighted by Crippen LogP contribution is 2.43. The van der Waals surface area contributed by atoms with E-state index >= 15 is 0 Å². The summed E-state index contributed by atoms with van der Waals surface area (Å²) in [6, 6.07) is 24.7. The molecule has 0 bridgehead atoms. The molecule has 0 aromatic heterocycles. The van der Waals surface area contributed by atoms with Crippen molar-refractivity contribution in [2.45, 2.75) is 19.8 Å². The van der Waals surface area contributed by atoms with Gasteiger partial charge in [0.2, 0.25) is 0 Å². The van der Waals surface area contributed by atoms with E-state index in [2.05, 4.69) is 80.6 Å². The fraction of sp³-hybridized carbons (Fsp3) is 0.130. The third-order valence-corrected chi connectivity index (χ3v) is 5.17. The van der Waals surface area contributed by atoms with Gasteiger partial charge in [-0.25, -0.2) is 0 Å². The molecule has 0 radical (unpaired) electrons. The molecule has 0 aliphatic heterocycles. The van der Waals surface area contributed by atoms with E-state index in [4.69, 9.17) is 0 Å². The molecular formula is C23H18. The standard InChI is InChI=1S/C23H18/c1-14(2)17-13-12-16-11-10-15-6-5-9-19-18-7-3-4-8-20(18)23(17)22(16)21(15)19/h3-14H,1-2H3. The van der Waals surface area contributed by atoms with Gasteiger partial charge in [0.05, 0.1) is 0 Å². The van der Waals surface area contributed by atoms with Crippen molar-refractivity contribution in [3.63, 3.8) is 0 Å². The van der Waals surface area contributed by atoms with Gasteiger partial charge in [0.25, 0.3) is 0 Å². The summed E-state index contributed by atoms with van der Waals surface area (Å²) >= 11 is 0. The van der Waals surface area contributed by atoms with E-state index < -0.39 is 0 Å². The van der Waals surface area contributed by atoms with E-state index in [-0.39, 0.29) is 0 Å².